The van der Waals surface area contributed by atoms with Crippen molar-refractivity contribution in [2.45, 2.75) is 45.4 Å². The predicted octanol–water partition coefficient (Wildman–Crippen LogP) is 5.62. The number of terminal acetylenes is 1. The number of benzene rings is 1. The maximum absolute atomic E-state index is 4.60. The van der Waals surface area contributed by atoms with E-state index in [4.69, 9.17) is 0 Å². The summed E-state index contributed by atoms with van der Waals surface area (Å²) >= 11 is 0. The lowest BCUT2D eigenvalue weighted by Gasteiger charge is -2.25. The lowest BCUT2D eigenvalue weighted by atomic mass is 9.92. The SMILES string of the molecule is C#CC.C=C(C1CC1/C=C\C)N1CCCC(c2ccccc2)CC1. The molecule has 0 bridgehead atoms. The summed E-state index contributed by atoms with van der Waals surface area (Å²) in [4.78, 5) is 2.57. The molecule has 24 heavy (non-hydrogen) atoms. The minimum absolute atomic E-state index is 0.717. The third kappa shape index (κ3) is 5.03. The van der Waals surface area contributed by atoms with Crippen LogP contribution in [0.15, 0.2) is 54.8 Å². The number of likely N-dealkylation sites (tertiary alicyclic amines) is 1. The monoisotopic (exact) mass is 321 g/mol. The molecule has 3 atom stereocenters. The van der Waals surface area contributed by atoms with Gasteiger partial charge in [-0.1, -0.05) is 49.1 Å². The molecule has 0 radical (unpaired) electrons. The average Bonchev–Trinajstić information content (AvgIpc) is 3.39. The normalized spacial score (nSPS) is 26.0. The predicted molar refractivity (Wildman–Crippen MR) is 105 cm³/mol. The molecule has 1 aliphatic carbocycles. The molecule has 0 spiro atoms. The Morgan fingerprint density at radius 1 is 1.25 bits per heavy atom. The van der Waals surface area contributed by atoms with E-state index in [1.807, 2.05) is 0 Å². The Kier molecular flexibility index (Phi) is 7.19. The van der Waals surface area contributed by atoms with E-state index in [2.05, 4.69) is 73.2 Å². The summed E-state index contributed by atoms with van der Waals surface area (Å²) in [5.74, 6) is 4.46. The fourth-order valence-corrected chi connectivity index (χ4v) is 3.73. The van der Waals surface area contributed by atoms with Crippen molar-refractivity contribution in [2.75, 3.05) is 13.1 Å². The first-order chi connectivity index (χ1) is 11.7. The van der Waals surface area contributed by atoms with Crippen molar-refractivity contribution in [2.24, 2.45) is 11.8 Å². The molecule has 2 fully saturated rings. The molecule has 3 unspecified atom stereocenters. The van der Waals surface area contributed by atoms with Gasteiger partial charge in [-0.3, -0.25) is 0 Å². The highest BCUT2D eigenvalue weighted by atomic mass is 15.1. The molecular formula is C23H31N. The summed E-state index contributed by atoms with van der Waals surface area (Å²) < 4.78 is 0. The molecule has 1 nitrogen and oxygen atoms in total. The molecule has 0 amide bonds. The van der Waals surface area contributed by atoms with Crippen LogP contribution in [0.5, 0.6) is 0 Å². The highest BCUT2D eigenvalue weighted by Gasteiger charge is 2.39. The Balaban J connectivity index is 0.000000647. The lowest BCUT2D eigenvalue weighted by Crippen LogP contribution is -2.25. The molecule has 1 aliphatic heterocycles. The molecule has 1 saturated heterocycles. The maximum atomic E-state index is 4.60. The zero-order valence-electron chi connectivity index (χ0n) is 15.2. The van der Waals surface area contributed by atoms with Gasteiger partial charge in [0.2, 0.25) is 0 Å². The summed E-state index contributed by atoms with van der Waals surface area (Å²) in [6.07, 6.45) is 14.3. The molecule has 2 aliphatic rings. The van der Waals surface area contributed by atoms with Gasteiger partial charge in [-0.15, -0.1) is 12.3 Å². The second-order valence-electron chi connectivity index (χ2n) is 6.84. The minimum Gasteiger partial charge on any atom is -0.375 e. The fourth-order valence-electron chi connectivity index (χ4n) is 3.73. The van der Waals surface area contributed by atoms with Crippen molar-refractivity contribution in [1.29, 1.82) is 0 Å². The largest absolute Gasteiger partial charge is 0.375 e. The second-order valence-corrected chi connectivity index (χ2v) is 6.84. The zero-order valence-corrected chi connectivity index (χ0v) is 15.2. The van der Waals surface area contributed by atoms with Crippen LogP contribution in [0.2, 0.25) is 0 Å². The Hall–Kier alpha value is -1.94. The smallest absolute Gasteiger partial charge is 0.0180 e. The van der Waals surface area contributed by atoms with Crippen LogP contribution in [-0.2, 0) is 0 Å². The van der Waals surface area contributed by atoms with Gasteiger partial charge in [0.1, 0.15) is 0 Å². The van der Waals surface area contributed by atoms with Gasteiger partial charge in [-0.2, -0.15) is 0 Å². The quantitative estimate of drug-likeness (QED) is 0.514. The highest BCUT2D eigenvalue weighted by molar-refractivity contribution is 5.21. The summed E-state index contributed by atoms with van der Waals surface area (Å²) in [6.45, 7) is 10.6. The van der Waals surface area contributed by atoms with E-state index in [0.717, 1.165) is 17.8 Å². The van der Waals surface area contributed by atoms with Crippen molar-refractivity contribution in [3.8, 4) is 12.3 Å². The summed E-state index contributed by atoms with van der Waals surface area (Å²) in [6, 6.07) is 11.0. The topological polar surface area (TPSA) is 3.24 Å². The Labute approximate surface area is 148 Å². The summed E-state index contributed by atoms with van der Waals surface area (Å²) in [7, 11) is 0. The van der Waals surface area contributed by atoms with Gasteiger partial charge in [0.05, 0.1) is 0 Å². The van der Waals surface area contributed by atoms with Gasteiger partial charge < -0.3 is 4.90 Å². The molecule has 1 aromatic rings. The number of hydrogen-bond donors (Lipinski definition) is 0. The number of allylic oxidation sites excluding steroid dienone is 3. The van der Waals surface area contributed by atoms with E-state index in [-0.39, 0.29) is 0 Å². The van der Waals surface area contributed by atoms with Crippen LogP contribution in [-0.4, -0.2) is 18.0 Å². The molecule has 0 aromatic heterocycles. The first-order valence-electron chi connectivity index (χ1n) is 9.20. The van der Waals surface area contributed by atoms with Crippen LogP contribution in [0.1, 0.15) is 51.0 Å². The van der Waals surface area contributed by atoms with Gasteiger partial charge in [-0.05, 0) is 56.9 Å². The van der Waals surface area contributed by atoms with Gasteiger partial charge in [0.15, 0.2) is 0 Å². The van der Waals surface area contributed by atoms with E-state index < -0.39 is 0 Å². The highest BCUT2D eigenvalue weighted by Crippen LogP contribution is 2.46. The van der Waals surface area contributed by atoms with E-state index in [0.29, 0.717) is 0 Å². The van der Waals surface area contributed by atoms with Gasteiger partial charge in [0.25, 0.3) is 0 Å². The molecule has 0 N–H and O–H groups in total. The number of rotatable bonds is 4. The molecule has 128 valence electrons. The first-order valence-corrected chi connectivity index (χ1v) is 9.20. The van der Waals surface area contributed by atoms with Crippen molar-refractivity contribution >= 4 is 0 Å². The maximum Gasteiger partial charge on any atom is 0.0180 e. The van der Waals surface area contributed by atoms with E-state index in [1.165, 1.54) is 50.0 Å². The van der Waals surface area contributed by atoms with Gasteiger partial charge in [-0.25, -0.2) is 0 Å². The Morgan fingerprint density at radius 2 is 1.96 bits per heavy atom. The molecule has 1 saturated carbocycles. The number of nitrogens with zero attached hydrogens (tertiary/aromatic N) is 1. The standard InChI is InChI=1S/C20H27N.C3H4/c1-3-8-19-15-20(19)16(2)21-13-7-11-18(12-14-21)17-9-5-4-6-10-17;1-3-2/h3-6,8-10,18-20H,2,7,11-15H2,1H3;1H,2H3/b8-3-;. The van der Waals surface area contributed by atoms with E-state index in [9.17, 15) is 0 Å². The lowest BCUT2D eigenvalue weighted by molar-refractivity contribution is 0.338. The average molecular weight is 322 g/mol. The van der Waals surface area contributed by atoms with Crippen molar-refractivity contribution in [1.82, 2.24) is 4.90 Å². The Bertz CT molecular complexity index is 578. The third-order valence-electron chi connectivity index (χ3n) is 5.11. The number of hydrogen-bond acceptors (Lipinski definition) is 1. The Morgan fingerprint density at radius 3 is 2.62 bits per heavy atom. The molecule has 1 heterocycles. The zero-order chi connectivity index (χ0) is 17.4. The summed E-state index contributed by atoms with van der Waals surface area (Å²) in [5, 5.41) is 0. The van der Waals surface area contributed by atoms with Gasteiger partial charge >= 0.3 is 0 Å². The van der Waals surface area contributed by atoms with Crippen LogP contribution >= 0.6 is 0 Å². The van der Waals surface area contributed by atoms with Gasteiger partial charge in [0, 0.05) is 24.7 Å². The van der Waals surface area contributed by atoms with Crippen LogP contribution < -0.4 is 0 Å². The molecule has 1 aromatic carbocycles. The van der Waals surface area contributed by atoms with Crippen molar-refractivity contribution in [3.05, 3.63) is 60.3 Å². The van der Waals surface area contributed by atoms with Crippen molar-refractivity contribution in [3.63, 3.8) is 0 Å². The third-order valence-corrected chi connectivity index (χ3v) is 5.11. The van der Waals surface area contributed by atoms with Crippen LogP contribution in [0.25, 0.3) is 0 Å². The van der Waals surface area contributed by atoms with Crippen LogP contribution in [0, 0.1) is 24.2 Å². The minimum atomic E-state index is 0.717. The fraction of sp³-hybridized carbons (Fsp3) is 0.478. The van der Waals surface area contributed by atoms with E-state index in [1.54, 1.807) is 6.92 Å². The van der Waals surface area contributed by atoms with Crippen LogP contribution in [0.4, 0.5) is 0 Å². The first kappa shape index (κ1) is 18.4. The molecular weight excluding hydrogens is 290 g/mol. The van der Waals surface area contributed by atoms with E-state index >= 15 is 0 Å². The molecule has 3 rings (SSSR count). The van der Waals surface area contributed by atoms with Crippen molar-refractivity contribution < 1.29 is 0 Å². The second kappa shape index (κ2) is 9.38. The van der Waals surface area contributed by atoms with Crippen LogP contribution in [0.3, 0.4) is 0 Å². The molecule has 1 heteroatoms. The summed E-state index contributed by atoms with van der Waals surface area (Å²) in [5.41, 5.74) is 2.91.